The molecule has 1 aromatic carbocycles. The van der Waals surface area contributed by atoms with Gasteiger partial charge >= 0.3 is 0 Å². The molecule has 1 atom stereocenters. The number of hydrogen-bond donors (Lipinski definition) is 2. The maximum atomic E-state index is 10.2. The van der Waals surface area contributed by atoms with Crippen LogP contribution >= 0.6 is 11.8 Å². The predicted molar refractivity (Wildman–Crippen MR) is 99.7 cm³/mol. The number of para-hydroxylation sites is 1. The van der Waals surface area contributed by atoms with Gasteiger partial charge in [-0.3, -0.25) is 9.80 Å². The van der Waals surface area contributed by atoms with Gasteiger partial charge in [0, 0.05) is 49.8 Å². The topological polar surface area (TPSA) is 56.2 Å². The molecule has 1 aliphatic heterocycles. The van der Waals surface area contributed by atoms with Crippen molar-refractivity contribution in [2.24, 2.45) is 0 Å². The molecule has 0 aromatic heterocycles. The van der Waals surface area contributed by atoms with Crippen molar-refractivity contribution in [2.75, 3.05) is 57.4 Å². The average molecular weight is 355 g/mol. The number of ether oxygens (including phenoxy) is 1. The van der Waals surface area contributed by atoms with Crippen LogP contribution in [-0.4, -0.2) is 83.6 Å². The Morgan fingerprint density at radius 2 is 2.04 bits per heavy atom. The van der Waals surface area contributed by atoms with Crippen LogP contribution in [0.15, 0.2) is 24.3 Å². The second kappa shape index (κ2) is 10.9. The molecular formula is C18H30N2O3S. The molecule has 0 spiro atoms. The van der Waals surface area contributed by atoms with Crippen LogP contribution in [0.1, 0.15) is 12.5 Å². The molecule has 6 heteroatoms. The Morgan fingerprint density at radius 3 is 2.75 bits per heavy atom. The fourth-order valence-corrected chi connectivity index (χ4v) is 3.81. The van der Waals surface area contributed by atoms with E-state index in [4.69, 9.17) is 9.84 Å². The van der Waals surface area contributed by atoms with Crippen LogP contribution in [0.2, 0.25) is 0 Å². The highest BCUT2D eigenvalue weighted by atomic mass is 32.2. The van der Waals surface area contributed by atoms with Gasteiger partial charge < -0.3 is 14.9 Å². The van der Waals surface area contributed by atoms with Crippen LogP contribution in [0.5, 0.6) is 5.75 Å². The second-order valence-electron chi connectivity index (χ2n) is 6.08. The highest BCUT2D eigenvalue weighted by Crippen LogP contribution is 2.20. The Bertz CT molecular complexity index is 469. The lowest BCUT2D eigenvalue weighted by atomic mass is 10.2. The van der Waals surface area contributed by atoms with Gasteiger partial charge in [0.15, 0.2) is 0 Å². The second-order valence-corrected chi connectivity index (χ2v) is 7.30. The molecule has 24 heavy (non-hydrogen) atoms. The number of thioether (sulfide) groups is 1. The van der Waals surface area contributed by atoms with Crippen molar-refractivity contribution in [1.82, 2.24) is 9.80 Å². The summed E-state index contributed by atoms with van der Waals surface area (Å²) < 4.78 is 5.89. The number of β-amino-alcohol motifs (C(OH)–C–C–N with tert-alkyl or cyclic N) is 1. The van der Waals surface area contributed by atoms with E-state index in [2.05, 4.69) is 16.7 Å². The largest absolute Gasteiger partial charge is 0.491 e. The normalized spacial score (nSPS) is 17.2. The lowest BCUT2D eigenvalue weighted by molar-refractivity contribution is 0.0707. The summed E-state index contributed by atoms with van der Waals surface area (Å²) in [5, 5.41) is 19.4. The molecule has 0 saturated carbocycles. The van der Waals surface area contributed by atoms with Crippen molar-refractivity contribution in [3.8, 4) is 5.75 Å². The van der Waals surface area contributed by atoms with Crippen molar-refractivity contribution in [3.63, 3.8) is 0 Å². The van der Waals surface area contributed by atoms with Gasteiger partial charge in [0.2, 0.25) is 0 Å². The Morgan fingerprint density at radius 1 is 1.29 bits per heavy atom. The Balaban J connectivity index is 1.84. The lowest BCUT2D eigenvalue weighted by Gasteiger charge is -2.28. The van der Waals surface area contributed by atoms with Crippen molar-refractivity contribution in [1.29, 1.82) is 0 Å². The van der Waals surface area contributed by atoms with Crippen LogP contribution in [0.3, 0.4) is 0 Å². The molecule has 136 valence electrons. The number of aliphatic hydroxyl groups excluding tert-OH is 2. The van der Waals surface area contributed by atoms with Gasteiger partial charge in [-0.15, -0.1) is 0 Å². The number of benzene rings is 1. The molecule has 1 fully saturated rings. The van der Waals surface area contributed by atoms with E-state index in [1.807, 2.05) is 36.0 Å². The third-order valence-corrected chi connectivity index (χ3v) is 5.18. The maximum absolute atomic E-state index is 10.2. The van der Waals surface area contributed by atoms with Crippen LogP contribution in [-0.2, 0) is 6.54 Å². The maximum Gasteiger partial charge on any atom is 0.123 e. The molecule has 5 nitrogen and oxygen atoms in total. The number of nitrogens with zero attached hydrogens (tertiary/aromatic N) is 2. The fraction of sp³-hybridized carbons (Fsp3) is 0.667. The zero-order valence-electron chi connectivity index (χ0n) is 14.6. The summed E-state index contributed by atoms with van der Waals surface area (Å²) in [5.74, 6) is 3.12. The summed E-state index contributed by atoms with van der Waals surface area (Å²) in [5.41, 5.74) is 1.09. The summed E-state index contributed by atoms with van der Waals surface area (Å²) in [6, 6.07) is 7.95. The zero-order chi connectivity index (χ0) is 17.2. The van der Waals surface area contributed by atoms with Gasteiger partial charge in [-0.25, -0.2) is 0 Å². The summed E-state index contributed by atoms with van der Waals surface area (Å²) in [6.07, 6.45) is -0.471. The number of likely N-dealkylation sites (N-methyl/N-ethyl adjacent to an activating group) is 1. The summed E-state index contributed by atoms with van der Waals surface area (Å²) in [7, 11) is 0. The quantitative estimate of drug-likeness (QED) is 0.660. The summed E-state index contributed by atoms with van der Waals surface area (Å²) in [4.78, 5) is 4.47. The van der Waals surface area contributed by atoms with Crippen molar-refractivity contribution < 1.29 is 14.9 Å². The van der Waals surface area contributed by atoms with Gasteiger partial charge in [-0.05, 0) is 12.6 Å². The van der Waals surface area contributed by atoms with Crippen molar-refractivity contribution in [3.05, 3.63) is 29.8 Å². The zero-order valence-corrected chi connectivity index (χ0v) is 15.4. The molecule has 0 amide bonds. The Kier molecular flexibility index (Phi) is 8.91. The van der Waals surface area contributed by atoms with E-state index in [9.17, 15) is 5.11 Å². The minimum atomic E-state index is -0.471. The number of hydrogen-bond acceptors (Lipinski definition) is 6. The monoisotopic (exact) mass is 354 g/mol. The lowest BCUT2D eigenvalue weighted by Crippen LogP contribution is -2.40. The van der Waals surface area contributed by atoms with E-state index in [1.54, 1.807) is 0 Å². The van der Waals surface area contributed by atoms with E-state index in [0.29, 0.717) is 19.7 Å². The summed E-state index contributed by atoms with van der Waals surface area (Å²) >= 11 is 1.97. The molecule has 0 unspecified atom stereocenters. The van der Waals surface area contributed by atoms with E-state index < -0.39 is 6.10 Å². The average Bonchev–Trinajstić information content (AvgIpc) is 2.61. The van der Waals surface area contributed by atoms with Gasteiger partial charge in [0.25, 0.3) is 0 Å². The number of aliphatic hydroxyl groups is 2. The number of rotatable bonds is 10. The third kappa shape index (κ3) is 6.61. The highest BCUT2D eigenvalue weighted by Gasteiger charge is 2.16. The third-order valence-electron chi connectivity index (χ3n) is 4.23. The standard InChI is InChI=1S/C18H30N2O3S/c1-2-19(7-10-21)13-16-5-3-4-6-18(16)23-15-17(22)14-20-8-11-24-12-9-20/h3-6,17,21-22H,2,7-15H2,1H3/t17-/m1/s1. The van der Waals surface area contributed by atoms with E-state index in [0.717, 1.165) is 49.0 Å². The van der Waals surface area contributed by atoms with E-state index >= 15 is 0 Å². The predicted octanol–water partition coefficient (Wildman–Crippen LogP) is 1.29. The van der Waals surface area contributed by atoms with Gasteiger partial charge in [-0.2, -0.15) is 11.8 Å². The minimum Gasteiger partial charge on any atom is -0.491 e. The van der Waals surface area contributed by atoms with Gasteiger partial charge in [-0.1, -0.05) is 25.1 Å². The van der Waals surface area contributed by atoms with Crippen molar-refractivity contribution >= 4 is 11.8 Å². The molecule has 0 bridgehead atoms. The molecule has 2 N–H and O–H groups in total. The molecule has 0 radical (unpaired) electrons. The van der Waals surface area contributed by atoms with Crippen molar-refractivity contribution in [2.45, 2.75) is 19.6 Å². The molecular weight excluding hydrogens is 324 g/mol. The first kappa shape index (κ1) is 19.5. The first-order chi connectivity index (χ1) is 11.7. The fourth-order valence-electron chi connectivity index (χ4n) is 2.83. The minimum absolute atomic E-state index is 0.156. The van der Waals surface area contributed by atoms with E-state index in [-0.39, 0.29) is 6.61 Å². The molecule has 0 aliphatic carbocycles. The van der Waals surface area contributed by atoms with Gasteiger partial charge in [0.1, 0.15) is 18.5 Å². The molecule has 2 rings (SSSR count). The molecule has 1 aromatic rings. The highest BCUT2D eigenvalue weighted by molar-refractivity contribution is 7.99. The Labute approximate surface area is 149 Å². The van der Waals surface area contributed by atoms with Crippen LogP contribution in [0, 0.1) is 0 Å². The van der Waals surface area contributed by atoms with Crippen LogP contribution in [0.25, 0.3) is 0 Å². The first-order valence-electron chi connectivity index (χ1n) is 8.75. The summed E-state index contributed by atoms with van der Waals surface area (Å²) in [6.45, 7) is 7.60. The molecule has 1 heterocycles. The first-order valence-corrected chi connectivity index (χ1v) is 9.90. The SMILES string of the molecule is CCN(CCO)Cc1ccccc1OC[C@H](O)CN1CCSCC1. The molecule has 1 aliphatic rings. The van der Waals surface area contributed by atoms with E-state index in [1.165, 1.54) is 0 Å². The van der Waals surface area contributed by atoms with Gasteiger partial charge in [0.05, 0.1) is 6.61 Å². The van der Waals surface area contributed by atoms with Crippen LogP contribution < -0.4 is 4.74 Å². The van der Waals surface area contributed by atoms with Crippen LogP contribution in [0.4, 0.5) is 0 Å². The smallest absolute Gasteiger partial charge is 0.123 e. The molecule has 1 saturated heterocycles. The Hall–Kier alpha value is -0.790.